The van der Waals surface area contributed by atoms with Crippen molar-refractivity contribution in [2.24, 2.45) is 7.05 Å². The number of carbonyl (C=O) groups is 1. The monoisotopic (exact) mass is 384 g/mol. The van der Waals surface area contributed by atoms with E-state index in [1.165, 1.54) is 11.8 Å². The second-order valence-corrected chi connectivity index (χ2v) is 7.31. The standard InChI is InChI=1S/C19H24N6OS/c1-6-25-18(15-10-8-7-9-12(15)2)21-22-19(25)27-11-16(26)20-17-13(3)23-24(5)14(17)4/h7-10H,6,11H2,1-5H3,(H,20,26). The van der Waals surface area contributed by atoms with Crippen molar-refractivity contribution in [1.82, 2.24) is 24.5 Å². The SMILES string of the molecule is CCn1c(SCC(=O)Nc2c(C)nn(C)c2C)nnc1-c1ccccc1C. The molecule has 8 heteroatoms. The average molecular weight is 385 g/mol. The van der Waals surface area contributed by atoms with Crippen LogP contribution in [0.4, 0.5) is 5.69 Å². The number of benzene rings is 1. The predicted molar refractivity (Wildman–Crippen MR) is 108 cm³/mol. The molecule has 0 bridgehead atoms. The quantitative estimate of drug-likeness (QED) is 0.660. The summed E-state index contributed by atoms with van der Waals surface area (Å²) >= 11 is 1.39. The number of amides is 1. The van der Waals surface area contributed by atoms with Gasteiger partial charge < -0.3 is 9.88 Å². The van der Waals surface area contributed by atoms with Gasteiger partial charge in [0.2, 0.25) is 5.91 Å². The van der Waals surface area contributed by atoms with Crippen LogP contribution in [0.5, 0.6) is 0 Å². The van der Waals surface area contributed by atoms with Gasteiger partial charge in [-0.2, -0.15) is 5.10 Å². The van der Waals surface area contributed by atoms with Crippen LogP contribution in [0.2, 0.25) is 0 Å². The van der Waals surface area contributed by atoms with Gasteiger partial charge in [0, 0.05) is 19.2 Å². The Morgan fingerprint density at radius 1 is 1.19 bits per heavy atom. The summed E-state index contributed by atoms with van der Waals surface area (Å²) in [6, 6.07) is 8.10. The number of nitrogens with one attached hydrogen (secondary N) is 1. The van der Waals surface area contributed by atoms with E-state index in [0.717, 1.165) is 45.7 Å². The molecule has 2 heterocycles. The first-order chi connectivity index (χ1) is 12.9. The molecule has 0 saturated heterocycles. The van der Waals surface area contributed by atoms with Crippen molar-refractivity contribution in [2.75, 3.05) is 11.1 Å². The second kappa shape index (κ2) is 7.96. The first-order valence-corrected chi connectivity index (χ1v) is 9.83. The normalized spacial score (nSPS) is 11.0. The lowest BCUT2D eigenvalue weighted by Gasteiger charge is -2.09. The first kappa shape index (κ1) is 19.2. The molecule has 1 N–H and O–H groups in total. The van der Waals surface area contributed by atoms with E-state index in [2.05, 4.69) is 40.5 Å². The third-order valence-corrected chi connectivity index (χ3v) is 5.49. The lowest BCUT2D eigenvalue weighted by molar-refractivity contribution is -0.113. The summed E-state index contributed by atoms with van der Waals surface area (Å²) in [5.74, 6) is 1.01. The highest BCUT2D eigenvalue weighted by molar-refractivity contribution is 7.99. The molecule has 142 valence electrons. The Morgan fingerprint density at radius 2 is 1.93 bits per heavy atom. The summed E-state index contributed by atoms with van der Waals surface area (Å²) < 4.78 is 3.81. The molecule has 0 saturated carbocycles. The van der Waals surface area contributed by atoms with Gasteiger partial charge in [0.1, 0.15) is 0 Å². The van der Waals surface area contributed by atoms with Crippen LogP contribution in [-0.4, -0.2) is 36.2 Å². The van der Waals surface area contributed by atoms with Gasteiger partial charge in [-0.1, -0.05) is 36.0 Å². The number of carbonyl (C=O) groups excluding carboxylic acids is 1. The Balaban J connectivity index is 1.73. The van der Waals surface area contributed by atoms with Crippen LogP contribution in [-0.2, 0) is 18.4 Å². The van der Waals surface area contributed by atoms with Crippen LogP contribution in [0.1, 0.15) is 23.9 Å². The van der Waals surface area contributed by atoms with Crippen molar-refractivity contribution in [3.8, 4) is 11.4 Å². The molecule has 1 amide bonds. The molecule has 1 aromatic carbocycles. The Bertz CT molecular complexity index is 975. The zero-order valence-corrected chi connectivity index (χ0v) is 17.1. The maximum Gasteiger partial charge on any atom is 0.234 e. The summed E-state index contributed by atoms with van der Waals surface area (Å²) in [7, 11) is 1.86. The molecule has 0 aliphatic rings. The van der Waals surface area contributed by atoms with Gasteiger partial charge in [0.15, 0.2) is 11.0 Å². The molecular weight excluding hydrogens is 360 g/mol. The van der Waals surface area contributed by atoms with Gasteiger partial charge >= 0.3 is 0 Å². The molecule has 0 spiro atoms. The maximum absolute atomic E-state index is 12.4. The van der Waals surface area contributed by atoms with Crippen LogP contribution < -0.4 is 5.32 Å². The predicted octanol–water partition coefficient (Wildman–Crippen LogP) is 3.35. The molecule has 0 atom stereocenters. The van der Waals surface area contributed by atoms with E-state index in [4.69, 9.17) is 0 Å². The van der Waals surface area contributed by atoms with Crippen LogP contribution >= 0.6 is 11.8 Å². The maximum atomic E-state index is 12.4. The highest BCUT2D eigenvalue weighted by Gasteiger charge is 2.17. The van der Waals surface area contributed by atoms with Crippen LogP contribution in [0, 0.1) is 20.8 Å². The smallest absolute Gasteiger partial charge is 0.234 e. The third kappa shape index (κ3) is 3.90. The number of hydrogen-bond acceptors (Lipinski definition) is 5. The van der Waals surface area contributed by atoms with Gasteiger partial charge in [-0.3, -0.25) is 9.48 Å². The molecule has 3 aromatic rings. The Morgan fingerprint density at radius 3 is 2.56 bits per heavy atom. The zero-order valence-electron chi connectivity index (χ0n) is 16.3. The highest BCUT2D eigenvalue weighted by Crippen LogP contribution is 2.26. The first-order valence-electron chi connectivity index (χ1n) is 8.84. The minimum atomic E-state index is -0.0812. The van der Waals surface area contributed by atoms with Crippen LogP contribution in [0.3, 0.4) is 0 Å². The van der Waals surface area contributed by atoms with E-state index < -0.39 is 0 Å². The van der Waals surface area contributed by atoms with Crippen molar-refractivity contribution < 1.29 is 4.79 Å². The highest BCUT2D eigenvalue weighted by atomic mass is 32.2. The van der Waals surface area contributed by atoms with Crippen molar-refractivity contribution in [3.63, 3.8) is 0 Å². The second-order valence-electron chi connectivity index (χ2n) is 6.37. The molecule has 27 heavy (non-hydrogen) atoms. The fourth-order valence-corrected chi connectivity index (χ4v) is 3.77. The molecule has 0 radical (unpaired) electrons. The number of aryl methyl sites for hydroxylation is 3. The van der Waals surface area contributed by atoms with E-state index in [9.17, 15) is 4.79 Å². The summed E-state index contributed by atoms with van der Waals surface area (Å²) in [5.41, 5.74) is 4.73. The van der Waals surface area contributed by atoms with Crippen LogP contribution in [0.15, 0.2) is 29.4 Å². The Hall–Kier alpha value is -2.61. The molecule has 0 fully saturated rings. The topological polar surface area (TPSA) is 77.6 Å². The number of rotatable bonds is 6. The van der Waals surface area contributed by atoms with Gasteiger partial charge in [-0.25, -0.2) is 0 Å². The summed E-state index contributed by atoms with van der Waals surface area (Å²) in [6.45, 7) is 8.67. The molecular formula is C19H24N6OS. The number of anilines is 1. The Kier molecular flexibility index (Phi) is 5.65. The molecule has 0 unspecified atom stereocenters. The fraction of sp³-hybridized carbons (Fsp3) is 0.368. The van der Waals surface area contributed by atoms with E-state index in [-0.39, 0.29) is 11.7 Å². The number of aromatic nitrogens is 5. The lowest BCUT2D eigenvalue weighted by atomic mass is 10.1. The summed E-state index contributed by atoms with van der Waals surface area (Å²) in [5, 5.41) is 16.7. The molecule has 7 nitrogen and oxygen atoms in total. The fourth-order valence-electron chi connectivity index (χ4n) is 2.96. The number of thioether (sulfide) groups is 1. The van der Waals surface area contributed by atoms with Crippen molar-refractivity contribution in [2.45, 2.75) is 39.4 Å². The van der Waals surface area contributed by atoms with Gasteiger partial charge in [-0.05, 0) is 33.3 Å². The third-order valence-electron chi connectivity index (χ3n) is 4.52. The van der Waals surface area contributed by atoms with Crippen LogP contribution in [0.25, 0.3) is 11.4 Å². The Labute approximate surface area is 163 Å². The lowest BCUT2D eigenvalue weighted by Crippen LogP contribution is -2.15. The number of hydrogen-bond donors (Lipinski definition) is 1. The van der Waals surface area contributed by atoms with E-state index >= 15 is 0 Å². The van der Waals surface area contributed by atoms with Gasteiger partial charge in [-0.15, -0.1) is 10.2 Å². The molecule has 0 aliphatic heterocycles. The summed E-state index contributed by atoms with van der Waals surface area (Å²) in [4.78, 5) is 12.4. The van der Waals surface area contributed by atoms with Crippen molar-refractivity contribution >= 4 is 23.4 Å². The van der Waals surface area contributed by atoms with Gasteiger partial charge in [0.25, 0.3) is 0 Å². The van der Waals surface area contributed by atoms with Crippen molar-refractivity contribution in [3.05, 3.63) is 41.2 Å². The van der Waals surface area contributed by atoms with E-state index in [1.807, 2.05) is 43.7 Å². The molecule has 0 aliphatic carbocycles. The summed E-state index contributed by atoms with van der Waals surface area (Å²) in [6.07, 6.45) is 0. The molecule has 3 rings (SSSR count). The zero-order chi connectivity index (χ0) is 19.6. The van der Waals surface area contributed by atoms with E-state index in [1.54, 1.807) is 4.68 Å². The minimum absolute atomic E-state index is 0.0812. The minimum Gasteiger partial charge on any atom is -0.322 e. The van der Waals surface area contributed by atoms with Gasteiger partial charge in [0.05, 0.1) is 22.8 Å². The largest absolute Gasteiger partial charge is 0.322 e. The van der Waals surface area contributed by atoms with Crippen molar-refractivity contribution in [1.29, 1.82) is 0 Å². The average Bonchev–Trinajstić information content (AvgIpc) is 3.16. The molecule has 2 aromatic heterocycles. The van der Waals surface area contributed by atoms with E-state index in [0.29, 0.717) is 0 Å². The number of nitrogens with zero attached hydrogens (tertiary/aromatic N) is 5.